The molecule has 0 saturated carbocycles. The Hall–Kier alpha value is -2.24. The molecule has 0 radical (unpaired) electrons. The van der Waals surface area contributed by atoms with Gasteiger partial charge < -0.3 is 10.4 Å². The van der Waals surface area contributed by atoms with Gasteiger partial charge in [-0.3, -0.25) is 4.79 Å². The summed E-state index contributed by atoms with van der Waals surface area (Å²) < 4.78 is 0. The lowest BCUT2D eigenvalue weighted by atomic mass is 9.94. The molecular weight excluding hydrogens is 246 g/mol. The van der Waals surface area contributed by atoms with E-state index in [0.29, 0.717) is 12.5 Å². The minimum Gasteiger partial charge on any atom is -0.476 e. The summed E-state index contributed by atoms with van der Waals surface area (Å²) in [5.74, 6) is -1.02. The number of carbonyl (C=O) groups is 2. The van der Waals surface area contributed by atoms with Crippen LogP contribution in [0.1, 0.15) is 40.2 Å². The largest absolute Gasteiger partial charge is 0.476 e. The highest BCUT2D eigenvalue weighted by Gasteiger charge is 2.14. The summed E-state index contributed by atoms with van der Waals surface area (Å²) in [5.41, 5.74) is -0.0367. The van der Waals surface area contributed by atoms with Gasteiger partial charge in [0.2, 0.25) is 0 Å². The molecular formula is C13H15N3O3. The van der Waals surface area contributed by atoms with Gasteiger partial charge in [-0.15, -0.1) is 0 Å². The third kappa shape index (κ3) is 3.61. The molecule has 1 aliphatic rings. The molecule has 1 aliphatic carbocycles. The number of nitrogens with one attached hydrogen (secondary N) is 1. The molecule has 1 aromatic rings. The molecule has 0 spiro atoms. The minimum absolute atomic E-state index is 0.136. The molecule has 19 heavy (non-hydrogen) atoms. The predicted octanol–water partition coefficient (Wildman–Crippen LogP) is 1.26. The molecule has 0 fully saturated rings. The Labute approximate surface area is 110 Å². The number of carboxylic acid groups (broad SMARTS) is 1. The van der Waals surface area contributed by atoms with E-state index >= 15 is 0 Å². The van der Waals surface area contributed by atoms with Gasteiger partial charge in [0.05, 0.1) is 12.4 Å². The Morgan fingerprint density at radius 3 is 2.58 bits per heavy atom. The van der Waals surface area contributed by atoms with E-state index in [1.54, 1.807) is 0 Å². The number of carboxylic acids is 1. The van der Waals surface area contributed by atoms with Gasteiger partial charge in [0.25, 0.3) is 5.91 Å². The third-order valence-corrected chi connectivity index (χ3v) is 3.03. The maximum Gasteiger partial charge on any atom is 0.356 e. The summed E-state index contributed by atoms with van der Waals surface area (Å²) in [7, 11) is 0. The van der Waals surface area contributed by atoms with E-state index < -0.39 is 5.97 Å². The molecule has 0 saturated heterocycles. The molecule has 1 unspecified atom stereocenters. The average molecular weight is 261 g/mol. The molecule has 2 N–H and O–H groups in total. The zero-order valence-corrected chi connectivity index (χ0v) is 10.4. The van der Waals surface area contributed by atoms with Crippen molar-refractivity contribution in [1.82, 2.24) is 15.3 Å². The Bertz CT molecular complexity index is 496. The van der Waals surface area contributed by atoms with Crippen molar-refractivity contribution in [3.05, 3.63) is 35.9 Å². The number of carbonyl (C=O) groups excluding carboxylic acids is 1. The van der Waals surface area contributed by atoms with Crippen molar-refractivity contribution in [3.63, 3.8) is 0 Å². The number of allylic oxidation sites excluding steroid dienone is 2. The standard InChI is InChI=1S/C13H15N3O3/c17-12(16-6-9-4-2-1-3-5-9)10-7-15-11(8-14-10)13(18)19/h1-2,7-9H,3-6H2,(H,16,17)(H,18,19). The van der Waals surface area contributed by atoms with Crippen LogP contribution < -0.4 is 5.32 Å². The normalized spacial score (nSPS) is 18.0. The Morgan fingerprint density at radius 1 is 1.26 bits per heavy atom. The zero-order valence-electron chi connectivity index (χ0n) is 10.4. The van der Waals surface area contributed by atoms with Crippen molar-refractivity contribution in [2.45, 2.75) is 19.3 Å². The van der Waals surface area contributed by atoms with Gasteiger partial charge in [-0.05, 0) is 25.2 Å². The number of aromatic nitrogens is 2. The van der Waals surface area contributed by atoms with Crippen LogP contribution in [-0.4, -0.2) is 33.5 Å². The van der Waals surface area contributed by atoms with Crippen molar-refractivity contribution in [1.29, 1.82) is 0 Å². The molecule has 0 aliphatic heterocycles. The SMILES string of the molecule is O=C(O)c1cnc(C(=O)NCC2CC=CCC2)cn1. The highest BCUT2D eigenvalue weighted by molar-refractivity contribution is 5.92. The fourth-order valence-electron chi connectivity index (χ4n) is 1.93. The van der Waals surface area contributed by atoms with Crippen LogP contribution in [0.4, 0.5) is 0 Å². The van der Waals surface area contributed by atoms with E-state index in [4.69, 9.17) is 5.11 Å². The molecule has 6 heteroatoms. The zero-order chi connectivity index (χ0) is 13.7. The van der Waals surface area contributed by atoms with Gasteiger partial charge >= 0.3 is 5.97 Å². The summed E-state index contributed by atoms with van der Waals surface area (Å²) in [6.45, 7) is 0.603. The molecule has 1 atom stereocenters. The van der Waals surface area contributed by atoms with Crippen molar-refractivity contribution in [2.75, 3.05) is 6.54 Å². The first-order valence-corrected chi connectivity index (χ1v) is 6.15. The molecule has 6 nitrogen and oxygen atoms in total. The molecule has 1 heterocycles. The fourth-order valence-corrected chi connectivity index (χ4v) is 1.93. The van der Waals surface area contributed by atoms with Crippen molar-refractivity contribution >= 4 is 11.9 Å². The summed E-state index contributed by atoms with van der Waals surface area (Å²) in [4.78, 5) is 29.8. The lowest BCUT2D eigenvalue weighted by Gasteiger charge is -2.17. The number of hydrogen-bond donors (Lipinski definition) is 2. The van der Waals surface area contributed by atoms with E-state index in [1.807, 2.05) is 0 Å². The number of aromatic carboxylic acids is 1. The molecule has 1 aromatic heterocycles. The number of nitrogens with zero attached hydrogens (tertiary/aromatic N) is 2. The first-order chi connectivity index (χ1) is 9.16. The Balaban J connectivity index is 1.88. The second-order valence-corrected chi connectivity index (χ2v) is 4.45. The van der Waals surface area contributed by atoms with Gasteiger partial charge in [0.1, 0.15) is 5.69 Å². The molecule has 0 aromatic carbocycles. The van der Waals surface area contributed by atoms with Gasteiger partial charge in [-0.1, -0.05) is 12.2 Å². The van der Waals surface area contributed by atoms with Gasteiger partial charge in [-0.25, -0.2) is 14.8 Å². The summed E-state index contributed by atoms with van der Waals surface area (Å²) in [6, 6.07) is 0. The molecule has 100 valence electrons. The highest BCUT2D eigenvalue weighted by atomic mass is 16.4. The van der Waals surface area contributed by atoms with E-state index in [1.165, 1.54) is 6.20 Å². The van der Waals surface area contributed by atoms with Crippen molar-refractivity contribution in [2.24, 2.45) is 5.92 Å². The van der Waals surface area contributed by atoms with Crippen LogP contribution in [0.15, 0.2) is 24.5 Å². The lowest BCUT2D eigenvalue weighted by molar-refractivity contribution is 0.0689. The number of hydrogen-bond acceptors (Lipinski definition) is 4. The lowest BCUT2D eigenvalue weighted by Crippen LogP contribution is -2.30. The van der Waals surface area contributed by atoms with Gasteiger partial charge in [0.15, 0.2) is 5.69 Å². The van der Waals surface area contributed by atoms with Crippen LogP contribution in [0.5, 0.6) is 0 Å². The van der Waals surface area contributed by atoms with Crippen LogP contribution in [0.3, 0.4) is 0 Å². The predicted molar refractivity (Wildman–Crippen MR) is 67.8 cm³/mol. The van der Waals surface area contributed by atoms with Gasteiger partial charge in [0, 0.05) is 6.54 Å². The second kappa shape index (κ2) is 6.08. The summed E-state index contributed by atoms with van der Waals surface area (Å²) in [5, 5.41) is 11.5. The fraction of sp³-hybridized carbons (Fsp3) is 0.385. The second-order valence-electron chi connectivity index (χ2n) is 4.45. The maximum absolute atomic E-state index is 11.8. The smallest absolute Gasteiger partial charge is 0.356 e. The monoisotopic (exact) mass is 261 g/mol. The van der Waals surface area contributed by atoms with E-state index in [-0.39, 0.29) is 17.3 Å². The first-order valence-electron chi connectivity index (χ1n) is 6.15. The van der Waals surface area contributed by atoms with Crippen LogP contribution in [0, 0.1) is 5.92 Å². The third-order valence-electron chi connectivity index (χ3n) is 3.03. The number of rotatable bonds is 4. The summed E-state index contributed by atoms with van der Waals surface area (Å²) >= 11 is 0. The van der Waals surface area contributed by atoms with E-state index in [0.717, 1.165) is 25.5 Å². The summed E-state index contributed by atoms with van der Waals surface area (Å²) in [6.07, 6.45) is 9.63. The Kier molecular flexibility index (Phi) is 4.22. The van der Waals surface area contributed by atoms with E-state index in [2.05, 4.69) is 27.4 Å². The topological polar surface area (TPSA) is 92.2 Å². The van der Waals surface area contributed by atoms with Crippen LogP contribution in [0.2, 0.25) is 0 Å². The van der Waals surface area contributed by atoms with Crippen molar-refractivity contribution in [3.8, 4) is 0 Å². The van der Waals surface area contributed by atoms with Crippen molar-refractivity contribution < 1.29 is 14.7 Å². The maximum atomic E-state index is 11.8. The van der Waals surface area contributed by atoms with Gasteiger partial charge in [-0.2, -0.15) is 0 Å². The first kappa shape index (κ1) is 13.2. The highest BCUT2D eigenvalue weighted by Crippen LogP contribution is 2.16. The number of amides is 1. The molecule has 1 amide bonds. The Morgan fingerprint density at radius 2 is 2.00 bits per heavy atom. The minimum atomic E-state index is -1.16. The van der Waals surface area contributed by atoms with E-state index in [9.17, 15) is 9.59 Å². The van der Waals surface area contributed by atoms with Crippen LogP contribution in [-0.2, 0) is 0 Å². The molecule has 2 rings (SSSR count). The molecule has 0 bridgehead atoms. The quantitative estimate of drug-likeness (QED) is 0.796. The van der Waals surface area contributed by atoms with Crippen LogP contribution >= 0.6 is 0 Å². The van der Waals surface area contributed by atoms with Crippen LogP contribution in [0.25, 0.3) is 0 Å². The average Bonchev–Trinajstić information content (AvgIpc) is 2.46.